The molecule has 2 aromatic rings. The average molecular weight is 443 g/mol. The zero-order valence-electron chi connectivity index (χ0n) is 16.0. The molecule has 8 heteroatoms. The van der Waals surface area contributed by atoms with E-state index in [9.17, 15) is 9.59 Å². The molecule has 0 aliphatic heterocycles. The molecule has 0 spiro atoms. The number of nitrogens with one attached hydrogen (secondary N) is 3. The van der Waals surface area contributed by atoms with Gasteiger partial charge in [-0.25, -0.2) is 5.43 Å². The minimum absolute atomic E-state index is 0.201. The van der Waals surface area contributed by atoms with E-state index in [2.05, 4.69) is 16.2 Å². The summed E-state index contributed by atoms with van der Waals surface area (Å²) < 4.78 is 0. The number of aryl methyl sites for hydroxylation is 1. The summed E-state index contributed by atoms with van der Waals surface area (Å²) in [7, 11) is 0. The van der Waals surface area contributed by atoms with E-state index >= 15 is 0 Å². The molecule has 2 amide bonds. The molecule has 0 atom stereocenters. The summed E-state index contributed by atoms with van der Waals surface area (Å²) in [6.07, 6.45) is 0. The van der Waals surface area contributed by atoms with E-state index < -0.39 is 11.3 Å². The van der Waals surface area contributed by atoms with E-state index in [4.69, 9.17) is 34.8 Å². The van der Waals surface area contributed by atoms with Gasteiger partial charge in [0, 0.05) is 27.0 Å². The molecule has 0 saturated heterocycles. The molecule has 2 rings (SSSR count). The Morgan fingerprint density at radius 2 is 1.68 bits per heavy atom. The maximum atomic E-state index is 12.7. The number of halogens is 3. The van der Waals surface area contributed by atoms with Crippen LogP contribution < -0.4 is 16.2 Å². The van der Waals surface area contributed by atoms with Gasteiger partial charge in [-0.1, -0.05) is 61.6 Å². The summed E-state index contributed by atoms with van der Waals surface area (Å²) in [4.78, 5) is 25.1. The Labute approximate surface area is 179 Å². The maximum absolute atomic E-state index is 12.7. The summed E-state index contributed by atoms with van der Waals surface area (Å²) in [6, 6.07) is 8.31. The first-order chi connectivity index (χ1) is 13.0. The molecule has 150 valence electrons. The van der Waals surface area contributed by atoms with Gasteiger partial charge in [0.2, 0.25) is 5.91 Å². The minimum atomic E-state index is -0.608. The molecule has 0 unspecified atom stereocenters. The van der Waals surface area contributed by atoms with E-state index in [1.807, 2.05) is 0 Å². The third-order valence-electron chi connectivity index (χ3n) is 3.96. The van der Waals surface area contributed by atoms with Crippen LogP contribution in [0.2, 0.25) is 15.1 Å². The van der Waals surface area contributed by atoms with Gasteiger partial charge < -0.3 is 5.32 Å². The lowest BCUT2D eigenvalue weighted by Gasteiger charge is -2.21. The van der Waals surface area contributed by atoms with Gasteiger partial charge >= 0.3 is 0 Å². The van der Waals surface area contributed by atoms with Crippen LogP contribution >= 0.6 is 34.8 Å². The van der Waals surface area contributed by atoms with Crippen LogP contribution in [0.3, 0.4) is 0 Å². The summed E-state index contributed by atoms with van der Waals surface area (Å²) in [5.41, 5.74) is 6.97. The maximum Gasteiger partial charge on any atom is 0.267 e. The number of carbonyl (C=O) groups excluding carboxylic acids is 2. The molecule has 5 nitrogen and oxygen atoms in total. The Balaban J connectivity index is 2.16. The fraction of sp³-hybridized carbons (Fsp3) is 0.300. The van der Waals surface area contributed by atoms with Crippen LogP contribution in [0.5, 0.6) is 0 Å². The van der Waals surface area contributed by atoms with E-state index in [0.29, 0.717) is 32.9 Å². The molecular weight excluding hydrogens is 421 g/mol. The van der Waals surface area contributed by atoms with Gasteiger partial charge in [-0.2, -0.15) is 0 Å². The van der Waals surface area contributed by atoms with Crippen molar-refractivity contribution in [3.8, 4) is 0 Å². The van der Waals surface area contributed by atoms with Crippen LogP contribution in [0.4, 0.5) is 5.69 Å². The zero-order chi connectivity index (χ0) is 21.1. The largest absolute Gasteiger partial charge is 0.325 e. The standard InChI is InChI=1S/C20H22Cl3N3O2/c1-11-7-14(22)8-15(17(11)25-19(28)20(2,3)4)18(27)26-24-10-12-5-6-13(21)9-16(12)23/h5-9,24H,10H2,1-4H3,(H,25,28)(H,26,27). The molecule has 0 radical (unpaired) electrons. The van der Waals surface area contributed by atoms with Crippen LogP contribution in [0.25, 0.3) is 0 Å². The number of anilines is 1. The molecule has 0 bridgehead atoms. The summed E-state index contributed by atoms with van der Waals surface area (Å²) >= 11 is 18.1. The second-order valence-electron chi connectivity index (χ2n) is 7.39. The van der Waals surface area contributed by atoms with Crippen molar-refractivity contribution in [2.45, 2.75) is 34.2 Å². The van der Waals surface area contributed by atoms with Crippen molar-refractivity contribution in [3.63, 3.8) is 0 Å². The molecular formula is C20H22Cl3N3O2. The van der Waals surface area contributed by atoms with Crippen molar-refractivity contribution >= 4 is 52.3 Å². The van der Waals surface area contributed by atoms with Crippen LogP contribution in [-0.2, 0) is 11.3 Å². The first kappa shape index (κ1) is 22.5. The molecule has 0 aliphatic rings. The molecule has 0 aliphatic carbocycles. The number of hydrazine groups is 1. The van der Waals surface area contributed by atoms with Crippen LogP contribution in [0.15, 0.2) is 30.3 Å². The Kier molecular flexibility index (Phi) is 7.34. The van der Waals surface area contributed by atoms with Gasteiger partial charge in [-0.05, 0) is 42.3 Å². The van der Waals surface area contributed by atoms with E-state index in [0.717, 1.165) is 5.56 Å². The van der Waals surface area contributed by atoms with Gasteiger partial charge in [0.05, 0.1) is 11.3 Å². The van der Waals surface area contributed by atoms with Gasteiger partial charge in [0.15, 0.2) is 0 Å². The SMILES string of the molecule is Cc1cc(Cl)cc(C(=O)NNCc2ccc(Cl)cc2Cl)c1NC(=O)C(C)(C)C. The Morgan fingerprint density at radius 3 is 2.29 bits per heavy atom. The number of hydrogen-bond donors (Lipinski definition) is 3. The summed E-state index contributed by atoms with van der Waals surface area (Å²) in [5, 5.41) is 4.25. The van der Waals surface area contributed by atoms with E-state index in [1.165, 1.54) is 6.07 Å². The lowest BCUT2D eigenvalue weighted by Crippen LogP contribution is -2.38. The molecule has 0 aromatic heterocycles. The molecule has 0 saturated carbocycles. The predicted molar refractivity (Wildman–Crippen MR) is 115 cm³/mol. The second kappa shape index (κ2) is 9.14. The van der Waals surface area contributed by atoms with Gasteiger partial charge in [-0.15, -0.1) is 0 Å². The molecule has 2 aromatic carbocycles. The number of amides is 2. The first-order valence-electron chi connectivity index (χ1n) is 8.58. The lowest BCUT2D eigenvalue weighted by atomic mass is 9.95. The lowest BCUT2D eigenvalue weighted by molar-refractivity contribution is -0.123. The minimum Gasteiger partial charge on any atom is -0.325 e. The van der Waals surface area contributed by atoms with Crippen molar-refractivity contribution in [1.82, 2.24) is 10.9 Å². The number of benzene rings is 2. The van der Waals surface area contributed by atoms with Gasteiger partial charge in [-0.3, -0.25) is 15.0 Å². The highest BCUT2D eigenvalue weighted by atomic mass is 35.5. The smallest absolute Gasteiger partial charge is 0.267 e. The van der Waals surface area contributed by atoms with Crippen molar-refractivity contribution < 1.29 is 9.59 Å². The van der Waals surface area contributed by atoms with Gasteiger partial charge in [0.1, 0.15) is 0 Å². The normalized spacial score (nSPS) is 11.2. The average Bonchev–Trinajstić information content (AvgIpc) is 2.57. The topological polar surface area (TPSA) is 70.2 Å². The second-order valence-corrected chi connectivity index (χ2v) is 8.67. The van der Waals surface area contributed by atoms with Crippen LogP contribution in [0.1, 0.15) is 42.3 Å². The third kappa shape index (κ3) is 5.85. The van der Waals surface area contributed by atoms with Crippen molar-refractivity contribution in [2.24, 2.45) is 5.41 Å². The zero-order valence-corrected chi connectivity index (χ0v) is 18.3. The van der Waals surface area contributed by atoms with Crippen LogP contribution in [0, 0.1) is 12.3 Å². The highest BCUT2D eigenvalue weighted by Crippen LogP contribution is 2.28. The summed E-state index contributed by atoms with van der Waals surface area (Å²) in [5.74, 6) is -0.632. The number of carbonyl (C=O) groups is 2. The predicted octanol–water partition coefficient (Wildman–Crippen LogP) is 5.37. The van der Waals surface area contributed by atoms with Crippen molar-refractivity contribution in [1.29, 1.82) is 0 Å². The van der Waals surface area contributed by atoms with Crippen LogP contribution in [-0.4, -0.2) is 11.8 Å². The first-order valence-corrected chi connectivity index (χ1v) is 9.71. The monoisotopic (exact) mass is 441 g/mol. The Morgan fingerprint density at radius 1 is 1.00 bits per heavy atom. The third-order valence-corrected chi connectivity index (χ3v) is 4.77. The van der Waals surface area contributed by atoms with Gasteiger partial charge in [0.25, 0.3) is 5.91 Å². The highest BCUT2D eigenvalue weighted by Gasteiger charge is 2.24. The molecule has 28 heavy (non-hydrogen) atoms. The highest BCUT2D eigenvalue weighted by molar-refractivity contribution is 6.35. The molecule has 3 N–H and O–H groups in total. The van der Waals surface area contributed by atoms with E-state index in [1.54, 1.807) is 52.0 Å². The van der Waals surface area contributed by atoms with E-state index in [-0.39, 0.29) is 11.5 Å². The van der Waals surface area contributed by atoms with Crippen molar-refractivity contribution in [3.05, 3.63) is 62.1 Å². The Bertz CT molecular complexity index is 908. The molecule has 0 heterocycles. The fourth-order valence-electron chi connectivity index (χ4n) is 2.34. The number of rotatable bonds is 5. The van der Waals surface area contributed by atoms with Crippen molar-refractivity contribution in [2.75, 3.05) is 5.32 Å². The Hall–Kier alpha value is -1.79. The fourth-order valence-corrected chi connectivity index (χ4v) is 3.09. The number of hydrogen-bond acceptors (Lipinski definition) is 3. The quantitative estimate of drug-likeness (QED) is 0.545. The molecule has 0 fully saturated rings. The summed E-state index contributed by atoms with van der Waals surface area (Å²) in [6.45, 7) is 7.47.